The number of hydrogen-bond donors (Lipinski definition) is 1. The standard InChI is InChI=1S/C21H23FN2O4/c1-27-17-8-5-9-18(28-2)19(17)21(26)24-12-10-14(11-13-24)23-20(25)15-6-3-4-7-16(15)22/h3-9,14H,10-13H2,1-2H3,(H,23,25). The van der Waals surface area contributed by atoms with Gasteiger partial charge in [0.25, 0.3) is 11.8 Å². The van der Waals surface area contributed by atoms with Crippen LogP contribution in [0.1, 0.15) is 33.6 Å². The number of likely N-dealkylation sites (tertiary alicyclic amines) is 1. The summed E-state index contributed by atoms with van der Waals surface area (Å²) in [5.74, 6) is -0.239. The van der Waals surface area contributed by atoms with Gasteiger partial charge >= 0.3 is 0 Å². The number of methoxy groups -OCH3 is 2. The topological polar surface area (TPSA) is 67.9 Å². The summed E-state index contributed by atoms with van der Waals surface area (Å²) in [6, 6.07) is 11.0. The molecule has 6 nitrogen and oxygen atoms in total. The van der Waals surface area contributed by atoms with Crippen molar-refractivity contribution in [3.8, 4) is 11.5 Å². The van der Waals surface area contributed by atoms with Crippen LogP contribution in [0.4, 0.5) is 4.39 Å². The predicted octanol–water partition coefficient (Wildman–Crippen LogP) is 2.88. The Morgan fingerprint density at radius 2 is 1.61 bits per heavy atom. The first kappa shape index (κ1) is 19.7. The van der Waals surface area contributed by atoms with Crippen molar-refractivity contribution in [2.45, 2.75) is 18.9 Å². The number of hydrogen-bond acceptors (Lipinski definition) is 4. The minimum atomic E-state index is -0.545. The lowest BCUT2D eigenvalue weighted by Crippen LogP contribution is -2.46. The van der Waals surface area contributed by atoms with Gasteiger partial charge in [-0.05, 0) is 37.1 Å². The van der Waals surface area contributed by atoms with Gasteiger partial charge in [0, 0.05) is 19.1 Å². The SMILES string of the molecule is COc1cccc(OC)c1C(=O)N1CCC(NC(=O)c2ccccc2F)CC1. The van der Waals surface area contributed by atoms with Crippen LogP contribution >= 0.6 is 0 Å². The van der Waals surface area contributed by atoms with E-state index in [4.69, 9.17) is 9.47 Å². The number of ether oxygens (including phenoxy) is 2. The van der Waals surface area contributed by atoms with Crippen LogP contribution in [0.15, 0.2) is 42.5 Å². The molecule has 1 N–H and O–H groups in total. The molecule has 0 radical (unpaired) electrons. The number of carbonyl (C=O) groups is 2. The molecule has 2 amide bonds. The van der Waals surface area contributed by atoms with Gasteiger partial charge in [-0.2, -0.15) is 0 Å². The molecule has 1 saturated heterocycles. The van der Waals surface area contributed by atoms with Crippen LogP contribution in [0, 0.1) is 5.82 Å². The van der Waals surface area contributed by atoms with Gasteiger partial charge in [-0.3, -0.25) is 9.59 Å². The summed E-state index contributed by atoms with van der Waals surface area (Å²) in [4.78, 5) is 27.0. The van der Waals surface area contributed by atoms with Crippen LogP contribution in [0.5, 0.6) is 11.5 Å². The molecule has 2 aromatic carbocycles. The molecule has 0 saturated carbocycles. The van der Waals surface area contributed by atoms with Crippen molar-refractivity contribution in [3.63, 3.8) is 0 Å². The molecule has 1 fully saturated rings. The maximum absolute atomic E-state index is 13.8. The Morgan fingerprint density at radius 1 is 1.00 bits per heavy atom. The Morgan fingerprint density at radius 3 is 2.18 bits per heavy atom. The largest absolute Gasteiger partial charge is 0.496 e. The van der Waals surface area contributed by atoms with E-state index >= 15 is 0 Å². The lowest BCUT2D eigenvalue weighted by Gasteiger charge is -2.33. The van der Waals surface area contributed by atoms with Crippen molar-refractivity contribution < 1.29 is 23.5 Å². The zero-order valence-electron chi connectivity index (χ0n) is 15.9. The summed E-state index contributed by atoms with van der Waals surface area (Å²) in [7, 11) is 3.02. The van der Waals surface area contributed by atoms with Gasteiger partial charge in [0.2, 0.25) is 0 Å². The first-order valence-electron chi connectivity index (χ1n) is 9.10. The maximum Gasteiger partial charge on any atom is 0.261 e. The van der Waals surface area contributed by atoms with Gasteiger partial charge < -0.3 is 19.7 Å². The third-order valence-electron chi connectivity index (χ3n) is 4.88. The van der Waals surface area contributed by atoms with Crippen LogP contribution < -0.4 is 14.8 Å². The minimum absolute atomic E-state index is 0.0276. The van der Waals surface area contributed by atoms with Crippen molar-refractivity contribution >= 4 is 11.8 Å². The molecule has 1 heterocycles. The third kappa shape index (κ3) is 4.08. The number of halogens is 1. The van der Waals surface area contributed by atoms with E-state index in [9.17, 15) is 14.0 Å². The Bertz CT molecular complexity index is 841. The average Bonchev–Trinajstić information content (AvgIpc) is 2.73. The van der Waals surface area contributed by atoms with Crippen LogP contribution in [-0.2, 0) is 0 Å². The van der Waals surface area contributed by atoms with E-state index in [1.807, 2.05) is 0 Å². The van der Waals surface area contributed by atoms with Crippen molar-refractivity contribution in [2.24, 2.45) is 0 Å². The first-order valence-corrected chi connectivity index (χ1v) is 9.10. The summed E-state index contributed by atoms with van der Waals surface area (Å²) < 4.78 is 24.4. The first-order chi connectivity index (χ1) is 13.5. The van der Waals surface area contributed by atoms with E-state index in [1.165, 1.54) is 26.4 Å². The van der Waals surface area contributed by atoms with Crippen LogP contribution in [0.25, 0.3) is 0 Å². The normalized spacial score (nSPS) is 14.5. The molecule has 148 valence electrons. The molecule has 1 aliphatic rings. The van der Waals surface area contributed by atoms with E-state index in [0.717, 1.165) is 0 Å². The summed E-state index contributed by atoms with van der Waals surface area (Å²) >= 11 is 0. The highest BCUT2D eigenvalue weighted by Gasteiger charge is 2.28. The summed E-state index contributed by atoms with van der Waals surface area (Å²) in [6.07, 6.45) is 1.17. The van der Waals surface area contributed by atoms with Crippen molar-refractivity contribution in [1.29, 1.82) is 0 Å². The third-order valence-corrected chi connectivity index (χ3v) is 4.88. The number of nitrogens with one attached hydrogen (secondary N) is 1. The quantitative estimate of drug-likeness (QED) is 0.858. The molecule has 0 bridgehead atoms. The molecule has 2 aromatic rings. The number of rotatable bonds is 5. The van der Waals surface area contributed by atoms with E-state index < -0.39 is 11.7 Å². The zero-order valence-corrected chi connectivity index (χ0v) is 15.9. The highest BCUT2D eigenvalue weighted by atomic mass is 19.1. The number of carbonyl (C=O) groups excluding carboxylic acids is 2. The Labute approximate surface area is 163 Å². The lowest BCUT2D eigenvalue weighted by molar-refractivity contribution is 0.0691. The van der Waals surface area contributed by atoms with Gasteiger partial charge in [0.15, 0.2) is 0 Å². The maximum atomic E-state index is 13.8. The van der Waals surface area contributed by atoms with Gasteiger partial charge in [-0.15, -0.1) is 0 Å². The van der Waals surface area contributed by atoms with Gasteiger partial charge in [-0.1, -0.05) is 18.2 Å². The molecule has 7 heteroatoms. The Hall–Kier alpha value is -3.09. The minimum Gasteiger partial charge on any atom is -0.496 e. The summed E-state index contributed by atoms with van der Waals surface area (Å²) in [5.41, 5.74) is 0.418. The van der Waals surface area contributed by atoms with E-state index in [2.05, 4.69) is 5.32 Å². The monoisotopic (exact) mass is 386 g/mol. The highest BCUT2D eigenvalue weighted by molar-refractivity contribution is 6.00. The fraction of sp³-hybridized carbons (Fsp3) is 0.333. The summed E-state index contributed by atoms with van der Waals surface area (Å²) in [5, 5.41) is 2.85. The predicted molar refractivity (Wildman–Crippen MR) is 102 cm³/mol. The van der Waals surface area contributed by atoms with Crippen LogP contribution in [0.3, 0.4) is 0 Å². The number of benzene rings is 2. The zero-order chi connectivity index (χ0) is 20.1. The van der Waals surface area contributed by atoms with E-state index in [0.29, 0.717) is 43.0 Å². The van der Waals surface area contributed by atoms with Crippen LogP contribution in [0.2, 0.25) is 0 Å². The molecule has 0 unspecified atom stereocenters. The van der Waals surface area contributed by atoms with E-state index in [1.54, 1.807) is 35.2 Å². The van der Waals surface area contributed by atoms with Crippen molar-refractivity contribution in [2.75, 3.05) is 27.3 Å². The fourth-order valence-corrected chi connectivity index (χ4v) is 3.36. The smallest absolute Gasteiger partial charge is 0.261 e. The molecule has 0 aliphatic carbocycles. The Kier molecular flexibility index (Phi) is 6.13. The molecular weight excluding hydrogens is 363 g/mol. The molecular formula is C21H23FN2O4. The van der Waals surface area contributed by atoms with Crippen LogP contribution in [-0.4, -0.2) is 50.1 Å². The second-order valence-corrected chi connectivity index (χ2v) is 6.56. The van der Waals surface area contributed by atoms with Crippen molar-refractivity contribution in [3.05, 3.63) is 59.4 Å². The van der Waals surface area contributed by atoms with E-state index in [-0.39, 0.29) is 17.5 Å². The summed E-state index contributed by atoms with van der Waals surface area (Å²) in [6.45, 7) is 0.949. The second-order valence-electron chi connectivity index (χ2n) is 6.56. The Balaban J connectivity index is 1.64. The highest BCUT2D eigenvalue weighted by Crippen LogP contribution is 2.30. The van der Waals surface area contributed by atoms with Gasteiger partial charge in [-0.25, -0.2) is 4.39 Å². The van der Waals surface area contributed by atoms with Crippen molar-refractivity contribution in [1.82, 2.24) is 10.2 Å². The average molecular weight is 386 g/mol. The lowest BCUT2D eigenvalue weighted by atomic mass is 10.0. The number of piperidine rings is 1. The second kappa shape index (κ2) is 8.73. The van der Waals surface area contributed by atoms with Gasteiger partial charge in [0.05, 0.1) is 19.8 Å². The fourth-order valence-electron chi connectivity index (χ4n) is 3.36. The number of nitrogens with zero attached hydrogens (tertiary/aromatic N) is 1. The molecule has 0 aromatic heterocycles. The molecule has 28 heavy (non-hydrogen) atoms. The molecule has 1 aliphatic heterocycles. The molecule has 0 atom stereocenters. The van der Waals surface area contributed by atoms with Gasteiger partial charge in [0.1, 0.15) is 22.9 Å². The number of amides is 2. The molecule has 0 spiro atoms. The molecule has 3 rings (SSSR count).